The minimum atomic E-state index is -0.141. The number of anilines is 6. The Kier molecular flexibility index (Phi) is 9.50. The summed E-state index contributed by atoms with van der Waals surface area (Å²) in [4.78, 5) is 5.16. The fourth-order valence-corrected chi connectivity index (χ4v) is 11.8. The van der Waals surface area contributed by atoms with Crippen molar-refractivity contribution in [3.05, 3.63) is 203 Å². The molecule has 0 saturated carbocycles. The van der Waals surface area contributed by atoms with Crippen LogP contribution in [-0.2, 0) is 22.7 Å². The van der Waals surface area contributed by atoms with Crippen LogP contribution in [0, 0.1) is 0 Å². The molecule has 4 nitrogen and oxygen atoms in total. The number of hydrogen-bond acceptors (Lipinski definition) is 4. The topological polar surface area (TPSA) is 32.8 Å². The smallest absolute Gasteiger partial charge is 0.252 e. The molecule has 8 aromatic carbocycles. The minimum absolute atomic E-state index is 0.0141. The van der Waals surface area contributed by atoms with E-state index < -0.39 is 0 Å². The lowest BCUT2D eigenvalue weighted by atomic mass is 9.33. The van der Waals surface area contributed by atoms with Crippen molar-refractivity contribution in [1.29, 1.82) is 0 Å². The van der Waals surface area contributed by atoms with Crippen molar-refractivity contribution in [2.24, 2.45) is 0 Å². The van der Waals surface area contributed by atoms with Crippen LogP contribution in [0.5, 0.6) is 0 Å². The number of aryl methyl sites for hydroxylation is 1. The molecule has 0 bridgehead atoms. The maximum absolute atomic E-state index is 6.44. The normalized spacial score (nSPS) is 14.4. The molecular formula is C66H59BN2O2. The van der Waals surface area contributed by atoms with E-state index >= 15 is 0 Å². The Hall–Kier alpha value is -7.50. The van der Waals surface area contributed by atoms with E-state index in [0.717, 1.165) is 63.1 Å². The molecule has 0 unspecified atom stereocenters. The van der Waals surface area contributed by atoms with Crippen molar-refractivity contribution in [2.45, 2.75) is 91.4 Å². The number of nitrogens with zero attached hydrogens (tertiary/aromatic N) is 2. The van der Waals surface area contributed by atoms with Gasteiger partial charge < -0.3 is 18.6 Å². The van der Waals surface area contributed by atoms with E-state index in [2.05, 4.69) is 236 Å². The molecule has 4 heterocycles. The zero-order valence-electron chi connectivity index (χ0n) is 42.4. The maximum atomic E-state index is 6.44. The Bertz CT molecular complexity index is 3830. The molecule has 0 fully saturated rings. The quantitative estimate of drug-likeness (QED) is 0.165. The highest BCUT2D eigenvalue weighted by molar-refractivity contribution is 7.00. The molecule has 10 aromatic rings. The van der Waals surface area contributed by atoms with Crippen LogP contribution in [0.2, 0.25) is 0 Å². The summed E-state index contributed by atoms with van der Waals surface area (Å²) in [5.41, 5.74) is 23.7. The van der Waals surface area contributed by atoms with Crippen LogP contribution in [0.1, 0.15) is 102 Å². The lowest BCUT2D eigenvalue weighted by Gasteiger charge is -2.45. The predicted molar refractivity (Wildman–Crippen MR) is 301 cm³/mol. The van der Waals surface area contributed by atoms with Crippen molar-refractivity contribution in [3.63, 3.8) is 0 Å². The fraction of sp³-hybridized carbons (Fsp3) is 0.212. The van der Waals surface area contributed by atoms with Crippen LogP contribution < -0.4 is 26.2 Å². The van der Waals surface area contributed by atoms with Gasteiger partial charge in [-0.3, -0.25) is 0 Å². The van der Waals surface area contributed by atoms with Gasteiger partial charge in [0.25, 0.3) is 6.71 Å². The highest BCUT2D eigenvalue weighted by atomic mass is 16.3. The molecule has 0 atom stereocenters. The molecule has 0 spiro atoms. The average molecular weight is 923 g/mol. The summed E-state index contributed by atoms with van der Waals surface area (Å²) in [6.07, 6.45) is 4.29. The van der Waals surface area contributed by atoms with Crippen molar-refractivity contribution in [1.82, 2.24) is 0 Å². The molecule has 0 amide bonds. The van der Waals surface area contributed by atoms with Gasteiger partial charge in [0.15, 0.2) is 0 Å². The molecule has 71 heavy (non-hydrogen) atoms. The maximum Gasteiger partial charge on any atom is 0.252 e. The van der Waals surface area contributed by atoms with Crippen molar-refractivity contribution < 1.29 is 8.83 Å². The molecule has 0 N–H and O–H groups in total. The molecule has 348 valence electrons. The Labute approximate surface area is 418 Å². The first kappa shape index (κ1) is 43.5. The summed E-state index contributed by atoms with van der Waals surface area (Å²) in [5, 5.41) is 3.48. The first-order valence-corrected chi connectivity index (χ1v) is 25.5. The van der Waals surface area contributed by atoms with Gasteiger partial charge in [0.2, 0.25) is 0 Å². The molecule has 3 aliphatic rings. The van der Waals surface area contributed by atoms with E-state index in [4.69, 9.17) is 8.83 Å². The molecule has 2 aromatic heterocycles. The second kappa shape index (κ2) is 15.5. The molecule has 0 radical (unpaired) electrons. The second-order valence-corrected chi connectivity index (χ2v) is 23.3. The Balaban J connectivity index is 1.03. The first-order valence-electron chi connectivity index (χ1n) is 25.5. The van der Waals surface area contributed by atoms with Gasteiger partial charge in [-0.05, 0) is 145 Å². The summed E-state index contributed by atoms with van der Waals surface area (Å²) >= 11 is 0. The van der Waals surface area contributed by atoms with Crippen LogP contribution in [-0.4, -0.2) is 6.71 Å². The summed E-state index contributed by atoms with van der Waals surface area (Å²) < 4.78 is 12.8. The van der Waals surface area contributed by atoms with Crippen molar-refractivity contribution in [3.8, 4) is 11.1 Å². The van der Waals surface area contributed by atoms with Gasteiger partial charge in [-0.15, -0.1) is 0 Å². The summed E-state index contributed by atoms with van der Waals surface area (Å²) in [5.74, 6) is 1.09. The largest absolute Gasteiger partial charge is 0.460 e. The molecule has 13 rings (SSSR count). The molecular weight excluding hydrogens is 864 g/mol. The second-order valence-electron chi connectivity index (χ2n) is 23.3. The van der Waals surface area contributed by atoms with E-state index in [-0.39, 0.29) is 23.0 Å². The number of fused-ring (bicyclic) bond motifs is 10. The zero-order valence-corrected chi connectivity index (χ0v) is 42.4. The lowest BCUT2D eigenvalue weighted by Crippen LogP contribution is -2.61. The third-order valence-corrected chi connectivity index (χ3v) is 15.6. The summed E-state index contributed by atoms with van der Waals surface area (Å²) in [6, 6.07) is 61.5. The number of allylic oxidation sites excluding steroid dienone is 1. The Morgan fingerprint density at radius 3 is 1.54 bits per heavy atom. The van der Waals surface area contributed by atoms with Gasteiger partial charge in [-0.2, -0.15) is 0 Å². The van der Waals surface area contributed by atoms with Gasteiger partial charge in [0.1, 0.15) is 22.5 Å². The first-order chi connectivity index (χ1) is 34.1. The van der Waals surface area contributed by atoms with Crippen LogP contribution in [0.15, 0.2) is 179 Å². The number of rotatable bonds is 4. The standard InChI is InChI=1S/C66H59BN2O2/c1-64(2,3)42-28-34-51-53(36-42)68(45-30-24-40(25-31-45)47-18-14-22-59-61(47)49-16-10-12-20-57(49)70-59)55-38-44(66(7,8)9)39-56-63(55)67(51)52-35-29-43(65(4,5)6)37-54(52)69(56)46-32-26-41(27-33-46)48-19-15-23-60-62(48)50-17-11-13-21-58(50)71-60/h10-14,16-22,24-39H,15,23H2,1-9H3. The molecule has 5 heteroatoms. The van der Waals surface area contributed by atoms with Crippen LogP contribution in [0.25, 0.3) is 49.6 Å². The monoisotopic (exact) mass is 922 g/mol. The zero-order chi connectivity index (χ0) is 48.7. The summed E-state index contributed by atoms with van der Waals surface area (Å²) in [6.45, 7) is 21.0. The van der Waals surface area contributed by atoms with Crippen LogP contribution in [0.3, 0.4) is 0 Å². The van der Waals surface area contributed by atoms with Crippen molar-refractivity contribution >= 4 is 95.7 Å². The van der Waals surface area contributed by atoms with E-state index in [1.54, 1.807) is 0 Å². The molecule has 2 aliphatic heterocycles. The molecule has 0 saturated heterocycles. The number of benzene rings is 8. The Morgan fingerprint density at radius 2 is 0.958 bits per heavy atom. The minimum Gasteiger partial charge on any atom is -0.460 e. The third kappa shape index (κ3) is 6.87. The van der Waals surface area contributed by atoms with E-state index in [9.17, 15) is 0 Å². The van der Waals surface area contributed by atoms with Gasteiger partial charge >= 0.3 is 0 Å². The van der Waals surface area contributed by atoms with E-state index in [0.29, 0.717) is 0 Å². The predicted octanol–water partition coefficient (Wildman–Crippen LogP) is 16.4. The van der Waals surface area contributed by atoms with Gasteiger partial charge in [-0.25, -0.2) is 0 Å². The van der Waals surface area contributed by atoms with Gasteiger partial charge in [0.05, 0.1) is 0 Å². The van der Waals surface area contributed by atoms with Crippen LogP contribution >= 0.6 is 0 Å². The van der Waals surface area contributed by atoms with Crippen LogP contribution in [0.4, 0.5) is 34.1 Å². The van der Waals surface area contributed by atoms with Gasteiger partial charge in [0, 0.05) is 62.3 Å². The third-order valence-electron chi connectivity index (χ3n) is 15.6. The molecule has 1 aliphatic carbocycles. The number of para-hydroxylation sites is 2. The van der Waals surface area contributed by atoms with Gasteiger partial charge in [-0.1, -0.05) is 165 Å². The summed E-state index contributed by atoms with van der Waals surface area (Å²) in [7, 11) is 0. The lowest BCUT2D eigenvalue weighted by molar-refractivity contribution is 0.545. The fourth-order valence-electron chi connectivity index (χ4n) is 11.8. The number of hydrogen-bond donors (Lipinski definition) is 0. The van der Waals surface area contributed by atoms with E-state index in [1.807, 2.05) is 6.07 Å². The average Bonchev–Trinajstić information content (AvgIpc) is 3.94. The van der Waals surface area contributed by atoms with Crippen molar-refractivity contribution in [2.75, 3.05) is 9.80 Å². The highest BCUT2D eigenvalue weighted by Gasteiger charge is 2.45. The highest BCUT2D eigenvalue weighted by Crippen LogP contribution is 2.49. The van der Waals surface area contributed by atoms with E-state index in [1.165, 1.54) is 83.5 Å². The SMILES string of the molecule is CC(C)(C)c1ccc2c(c1)N(c1ccc(C3=CCCc4oc5ccccc5c43)cc1)c1cc(C(C)(C)C)cc3c1B2c1ccc(C(C)(C)C)cc1N3c1ccc(-c2cccc3oc4ccccc4c23)cc1. The number of furan rings is 2. The Morgan fingerprint density at radius 1 is 0.451 bits per heavy atom.